The van der Waals surface area contributed by atoms with Gasteiger partial charge >= 0.3 is 5.97 Å². The van der Waals surface area contributed by atoms with Crippen LogP contribution in [0.4, 0.5) is 0 Å². The minimum atomic E-state index is -1.79. The number of aryl methyl sites for hydroxylation is 1. The van der Waals surface area contributed by atoms with Crippen LogP contribution in [-0.2, 0) is 36.9 Å². The summed E-state index contributed by atoms with van der Waals surface area (Å²) in [5, 5.41) is 76.3. The average molecular weight is 877 g/mol. The number of unbranched alkanes of at least 4 members (excludes halogenated alkanes) is 3. The molecule has 3 heterocycles. The number of esters is 1. The second kappa shape index (κ2) is 22.7. The number of aliphatic hydroxyl groups is 5. The molecule has 0 radical (unpaired) electrons. The van der Waals surface area contributed by atoms with Gasteiger partial charge in [0.2, 0.25) is 5.91 Å². The van der Waals surface area contributed by atoms with Crippen molar-refractivity contribution >= 4 is 11.9 Å². The monoisotopic (exact) mass is 877 g/mol. The minimum absolute atomic E-state index is 0.159. The number of likely N-dealkylation sites (N-methyl/N-ethyl adjacent to an activating group) is 2. The molecule has 14 atom stereocenters. The summed E-state index contributed by atoms with van der Waals surface area (Å²) < 4.78 is 20.5. The minimum Gasteiger partial charge on any atom is -0.459 e. The Morgan fingerprint density at radius 1 is 1.05 bits per heavy atom. The number of carbonyl (C=O) groups excluding carboxylic acids is 2. The fraction of sp³-hybridized carbons (Fsp3) is 0.778. The number of aromatic nitrogens is 3. The Kier molecular flexibility index (Phi) is 18.9. The van der Waals surface area contributed by atoms with E-state index in [0.29, 0.717) is 38.9 Å². The number of aliphatic hydroxyl groups excluding tert-OH is 3. The van der Waals surface area contributed by atoms with Crippen molar-refractivity contribution < 1.29 is 54.5 Å². The van der Waals surface area contributed by atoms with Crippen LogP contribution in [0.5, 0.6) is 0 Å². The van der Waals surface area contributed by atoms with Gasteiger partial charge in [0.15, 0.2) is 6.29 Å². The second-order valence-electron chi connectivity index (χ2n) is 18.8. The molecule has 0 unspecified atom stereocenters. The summed E-state index contributed by atoms with van der Waals surface area (Å²) in [4.78, 5) is 28.8. The van der Waals surface area contributed by atoms with Gasteiger partial charge in [0.1, 0.15) is 29.6 Å². The summed E-state index contributed by atoms with van der Waals surface area (Å²) in [6, 6.07) is 7.04. The molecule has 4 rings (SSSR count). The van der Waals surface area contributed by atoms with Crippen molar-refractivity contribution in [2.24, 2.45) is 17.8 Å². The van der Waals surface area contributed by atoms with Gasteiger partial charge in [-0.3, -0.25) is 24.4 Å². The highest BCUT2D eigenvalue weighted by atomic mass is 16.7. The molecule has 2 aromatic rings. The molecule has 0 aliphatic carbocycles. The number of nitrogens with one attached hydrogen (secondary N) is 1. The van der Waals surface area contributed by atoms with Crippen molar-refractivity contribution in [1.82, 2.24) is 30.3 Å². The van der Waals surface area contributed by atoms with Gasteiger partial charge in [-0.2, -0.15) is 0 Å². The predicted molar refractivity (Wildman–Crippen MR) is 231 cm³/mol. The summed E-state index contributed by atoms with van der Waals surface area (Å²) in [7, 11) is 3.76. The summed E-state index contributed by atoms with van der Waals surface area (Å²) in [5.74, 6) is -3.26. The SMILES string of the molecule is CC[C@H]1OC(=O)[C@H](C)[C@@H](O)[C@H](C)[C@@H](O[C@@H]2O[C@H](C)C[C@H](N(C)Cc3cccc(-c4cn(CCCCCCC(=O)NO)nn4)c3)[C@@H]2O)[C@](C)(O)C[C@@H](C)CN(C)[C@H](C)[C@@H](O)[C@]1(C)O. The smallest absolute Gasteiger partial charge is 0.311 e. The number of carbonyl (C=O) groups is 2. The van der Waals surface area contributed by atoms with Crippen LogP contribution in [0.25, 0.3) is 11.3 Å². The molecule has 17 nitrogen and oxygen atoms in total. The normalized spacial score (nSPS) is 35.9. The molecular weight excluding hydrogens is 801 g/mol. The highest BCUT2D eigenvalue weighted by Gasteiger charge is 2.50. The summed E-state index contributed by atoms with van der Waals surface area (Å²) in [6.07, 6.45) is -0.984. The lowest BCUT2D eigenvalue weighted by Crippen LogP contribution is -2.59. The van der Waals surface area contributed by atoms with E-state index in [1.165, 1.54) is 13.8 Å². The molecule has 2 saturated heterocycles. The van der Waals surface area contributed by atoms with Crippen molar-refractivity contribution in [2.45, 2.75) is 186 Å². The molecule has 2 fully saturated rings. The van der Waals surface area contributed by atoms with Gasteiger partial charge in [-0.1, -0.05) is 57.0 Å². The topological polar surface area (TPSA) is 232 Å². The lowest BCUT2D eigenvalue weighted by atomic mass is 9.78. The molecular formula is C45H76N6O11. The molecule has 352 valence electrons. The largest absolute Gasteiger partial charge is 0.459 e. The Morgan fingerprint density at radius 3 is 2.42 bits per heavy atom. The number of nitrogens with zero attached hydrogens (tertiary/aromatic N) is 5. The number of rotatable bonds is 14. The Hall–Kier alpha value is -3.10. The fourth-order valence-corrected chi connectivity index (χ4v) is 9.40. The highest BCUT2D eigenvalue weighted by Crippen LogP contribution is 2.37. The van der Waals surface area contributed by atoms with Gasteiger partial charge in [0.25, 0.3) is 0 Å². The zero-order chi connectivity index (χ0) is 46.1. The van der Waals surface area contributed by atoms with E-state index in [1.54, 1.807) is 33.2 Å². The van der Waals surface area contributed by atoms with Gasteiger partial charge in [0.05, 0.1) is 36.0 Å². The van der Waals surface area contributed by atoms with Crippen molar-refractivity contribution in [3.8, 4) is 11.3 Å². The molecule has 2 aliphatic rings. The summed E-state index contributed by atoms with van der Waals surface area (Å²) in [6.45, 7) is 15.3. The third kappa shape index (κ3) is 13.2. The summed E-state index contributed by atoms with van der Waals surface area (Å²) in [5.41, 5.74) is 0.905. The van der Waals surface area contributed by atoms with Gasteiger partial charge in [-0.05, 0) is 98.4 Å². The maximum atomic E-state index is 13.6. The number of benzene rings is 1. The average Bonchev–Trinajstić information content (AvgIpc) is 3.70. The van der Waals surface area contributed by atoms with E-state index in [9.17, 15) is 35.1 Å². The van der Waals surface area contributed by atoms with E-state index in [-0.39, 0.29) is 30.8 Å². The fourth-order valence-electron chi connectivity index (χ4n) is 9.40. The van der Waals surface area contributed by atoms with Gasteiger partial charge < -0.3 is 44.6 Å². The van der Waals surface area contributed by atoms with Gasteiger partial charge in [-0.25, -0.2) is 5.48 Å². The highest BCUT2D eigenvalue weighted by molar-refractivity contribution is 5.74. The van der Waals surface area contributed by atoms with E-state index in [2.05, 4.69) is 15.2 Å². The van der Waals surface area contributed by atoms with Crippen LogP contribution in [-0.4, -0.2) is 154 Å². The Labute approximate surface area is 367 Å². The first-order valence-electron chi connectivity index (χ1n) is 22.4. The zero-order valence-corrected chi connectivity index (χ0v) is 38.6. The van der Waals surface area contributed by atoms with Crippen LogP contribution in [0.3, 0.4) is 0 Å². The quantitative estimate of drug-likeness (QED) is 0.0625. The lowest BCUT2D eigenvalue weighted by molar-refractivity contribution is -0.300. The zero-order valence-electron chi connectivity index (χ0n) is 38.6. The molecule has 0 spiro atoms. The van der Waals surface area contributed by atoms with Crippen LogP contribution >= 0.6 is 0 Å². The van der Waals surface area contributed by atoms with Crippen molar-refractivity contribution in [2.75, 3.05) is 20.6 Å². The first-order chi connectivity index (χ1) is 29.1. The standard InChI is InChI=1S/C45H76N6O11/c1-11-36-45(8,58)40(55)31(6)49(9)24-27(2)23-44(7,57)41(29(4)38(53)30(5)42(56)61-36)62-43-39(54)35(21-28(3)60-43)50(10)25-32-17-16-18-33(22-32)34-26-51(48-46-34)20-15-13-12-14-19-37(52)47-59/h16-18,22,26-31,35-36,38-41,43,53-55,57-59H,11-15,19-21,23-25H2,1-10H3,(H,47,52)/t27-,28-,29+,30-,31-,35+,36-,38+,39+,40-,41-,43+,44-,45-/m1/s1. The van der Waals surface area contributed by atoms with E-state index in [0.717, 1.165) is 36.1 Å². The third-order valence-corrected chi connectivity index (χ3v) is 13.2. The molecule has 1 aromatic carbocycles. The van der Waals surface area contributed by atoms with E-state index in [1.807, 2.05) is 68.0 Å². The van der Waals surface area contributed by atoms with Crippen molar-refractivity contribution in [3.05, 3.63) is 36.0 Å². The Morgan fingerprint density at radius 2 is 1.74 bits per heavy atom. The summed E-state index contributed by atoms with van der Waals surface area (Å²) >= 11 is 0. The van der Waals surface area contributed by atoms with Crippen LogP contribution < -0.4 is 5.48 Å². The van der Waals surface area contributed by atoms with Crippen LogP contribution in [0, 0.1) is 17.8 Å². The van der Waals surface area contributed by atoms with Crippen LogP contribution in [0.2, 0.25) is 0 Å². The van der Waals surface area contributed by atoms with E-state index < -0.39 is 77.9 Å². The van der Waals surface area contributed by atoms with E-state index in [4.69, 9.17) is 19.4 Å². The molecule has 2 aliphatic heterocycles. The first kappa shape index (κ1) is 51.5. The van der Waals surface area contributed by atoms with Gasteiger partial charge in [0, 0.05) is 49.6 Å². The molecule has 1 amide bonds. The predicted octanol–water partition coefficient (Wildman–Crippen LogP) is 3.26. The van der Waals surface area contributed by atoms with Crippen LogP contribution in [0.15, 0.2) is 30.5 Å². The molecule has 7 N–H and O–H groups in total. The molecule has 0 saturated carbocycles. The van der Waals surface area contributed by atoms with Crippen molar-refractivity contribution in [1.29, 1.82) is 0 Å². The third-order valence-electron chi connectivity index (χ3n) is 13.2. The van der Waals surface area contributed by atoms with E-state index >= 15 is 0 Å². The maximum absolute atomic E-state index is 13.6. The lowest BCUT2D eigenvalue weighted by Gasteiger charge is -2.47. The number of amides is 1. The Balaban J connectivity index is 1.50. The molecule has 17 heteroatoms. The first-order valence-corrected chi connectivity index (χ1v) is 22.4. The van der Waals surface area contributed by atoms with Crippen LogP contribution in [0.1, 0.15) is 112 Å². The van der Waals surface area contributed by atoms with Gasteiger partial charge in [-0.15, -0.1) is 5.10 Å². The number of hydroxylamine groups is 1. The number of ether oxygens (including phenoxy) is 3. The number of cyclic esters (lactones) is 1. The molecule has 1 aromatic heterocycles. The second-order valence-corrected chi connectivity index (χ2v) is 18.8. The molecule has 62 heavy (non-hydrogen) atoms. The molecule has 0 bridgehead atoms. The maximum Gasteiger partial charge on any atom is 0.311 e. The Bertz CT molecular complexity index is 1710. The van der Waals surface area contributed by atoms with Crippen molar-refractivity contribution in [3.63, 3.8) is 0 Å². The number of hydrogen-bond donors (Lipinski definition) is 7. The number of hydrogen-bond acceptors (Lipinski definition) is 15.